The summed E-state index contributed by atoms with van der Waals surface area (Å²) in [6, 6.07) is -0.293. The summed E-state index contributed by atoms with van der Waals surface area (Å²) in [4.78, 5) is 80.3. The monoisotopic (exact) mass is 734 g/mol. The number of nitrogens with zero attached hydrogens (tertiary/aromatic N) is 4. The third-order valence-corrected chi connectivity index (χ3v) is 10.9. The Morgan fingerprint density at radius 2 is 1.94 bits per heavy atom. The Bertz CT molecular complexity index is 1940. The number of piperazine rings is 1. The van der Waals surface area contributed by atoms with Gasteiger partial charge in [-0.15, -0.1) is 23.5 Å². The summed E-state index contributed by atoms with van der Waals surface area (Å²) in [5, 5.41) is 12.4. The van der Waals surface area contributed by atoms with Gasteiger partial charge in [0.15, 0.2) is 17.4 Å². The molecule has 0 spiro atoms. The molecule has 15 nitrogen and oxygen atoms in total. The number of fused-ring (bicyclic) bond motifs is 1. The van der Waals surface area contributed by atoms with E-state index in [1.54, 1.807) is 4.57 Å². The minimum Gasteiger partial charge on any atom is -0.487 e. The number of pyridine rings is 1. The molecule has 0 aliphatic carbocycles. The molecule has 1 aromatic heterocycles. The summed E-state index contributed by atoms with van der Waals surface area (Å²) in [5.74, 6) is -7.20. The van der Waals surface area contributed by atoms with Crippen LogP contribution in [0.5, 0.6) is 5.75 Å². The van der Waals surface area contributed by atoms with Gasteiger partial charge in [0.1, 0.15) is 41.6 Å². The number of amides is 3. The smallest absolute Gasteiger partial charge is 0.352 e. The van der Waals surface area contributed by atoms with Gasteiger partial charge >= 0.3 is 11.9 Å². The van der Waals surface area contributed by atoms with Crippen molar-refractivity contribution in [3.63, 3.8) is 0 Å². The first-order chi connectivity index (χ1) is 23.8. The second-order valence-electron chi connectivity index (χ2n) is 12.1. The van der Waals surface area contributed by atoms with Gasteiger partial charge in [-0.2, -0.15) is 0 Å². The lowest BCUT2D eigenvalue weighted by Crippen LogP contribution is -2.70. The second-order valence-corrected chi connectivity index (χ2v) is 14.1. The molecule has 19 heteroatoms. The van der Waals surface area contributed by atoms with Crippen molar-refractivity contribution in [1.82, 2.24) is 19.7 Å². The number of anilines is 1. The van der Waals surface area contributed by atoms with Gasteiger partial charge in [-0.05, 0) is 20.0 Å². The van der Waals surface area contributed by atoms with Crippen LogP contribution < -0.4 is 26.1 Å². The molecule has 5 heterocycles. The van der Waals surface area contributed by atoms with E-state index >= 15 is 4.39 Å². The standard InChI is InChI=1S/C31H32F2N6O9S2/c1-14-9-47-26-23-16(7-18(32)24(26)37-5-3-36(2)4-6-37)25(41)17(8-38(14)23)31(46)48-10-15-11-50-29-21(28(43)39(29)22(15)30(44)45)35-20(40)13-49-12-19(33)27(34)42/h7-8,12,14,21,29H,3-6,9-11,13H2,1-2H3,(H2,34,42)(H,35,40)(H,44,45)/t14?,21-,29-/m1/s1. The molecule has 4 aliphatic rings. The molecule has 2 saturated heterocycles. The molecular formula is C31H32F2N6O9S2. The number of carbonyl (C=O) groups excluding carboxylic acids is 4. The van der Waals surface area contributed by atoms with Crippen LogP contribution in [0.25, 0.3) is 10.9 Å². The van der Waals surface area contributed by atoms with E-state index in [2.05, 4.69) is 10.2 Å². The fourth-order valence-electron chi connectivity index (χ4n) is 6.17. The number of esters is 1. The predicted molar refractivity (Wildman–Crippen MR) is 179 cm³/mol. The third kappa shape index (κ3) is 6.39. The number of nitrogens with one attached hydrogen (secondary N) is 1. The molecule has 2 fully saturated rings. The summed E-state index contributed by atoms with van der Waals surface area (Å²) in [7, 11) is 1.98. The van der Waals surface area contributed by atoms with Crippen LogP contribution >= 0.6 is 23.5 Å². The number of carbonyl (C=O) groups is 5. The first kappa shape index (κ1) is 35.2. The van der Waals surface area contributed by atoms with Gasteiger partial charge in [-0.1, -0.05) is 0 Å². The first-order valence-electron chi connectivity index (χ1n) is 15.4. The van der Waals surface area contributed by atoms with Crippen LogP contribution in [-0.2, 0) is 23.9 Å². The van der Waals surface area contributed by atoms with E-state index in [0.29, 0.717) is 43.5 Å². The number of primary amides is 1. The van der Waals surface area contributed by atoms with Gasteiger partial charge in [-0.25, -0.2) is 18.4 Å². The van der Waals surface area contributed by atoms with E-state index in [1.165, 1.54) is 6.20 Å². The first-order valence-corrected chi connectivity index (χ1v) is 17.5. The van der Waals surface area contributed by atoms with Crippen molar-refractivity contribution in [3.8, 4) is 5.75 Å². The summed E-state index contributed by atoms with van der Waals surface area (Å²) in [6.45, 7) is 3.97. The topological polar surface area (TPSA) is 194 Å². The van der Waals surface area contributed by atoms with Crippen LogP contribution in [0.1, 0.15) is 23.3 Å². The normalized spacial score (nSPS) is 22.1. The van der Waals surface area contributed by atoms with Gasteiger partial charge in [-0.3, -0.25) is 24.1 Å². The molecule has 3 atom stereocenters. The average Bonchev–Trinajstić information content (AvgIpc) is 3.08. The van der Waals surface area contributed by atoms with E-state index in [4.69, 9.17) is 15.2 Å². The Hall–Kier alpha value is -4.62. The lowest BCUT2D eigenvalue weighted by atomic mass is 10.0. The van der Waals surface area contributed by atoms with Crippen LogP contribution in [-0.4, -0.2) is 118 Å². The Morgan fingerprint density at radius 1 is 1.22 bits per heavy atom. The van der Waals surface area contributed by atoms with E-state index in [1.807, 2.05) is 18.9 Å². The molecule has 4 aliphatic heterocycles. The number of halogens is 2. The third-order valence-electron chi connectivity index (χ3n) is 8.76. The molecule has 2 aromatic rings. The van der Waals surface area contributed by atoms with Gasteiger partial charge in [0.25, 0.3) is 11.8 Å². The fourth-order valence-corrected chi connectivity index (χ4v) is 8.08. The number of hydrogen-bond acceptors (Lipinski definition) is 12. The van der Waals surface area contributed by atoms with Crippen molar-refractivity contribution >= 4 is 69.8 Å². The minimum absolute atomic E-state index is 0.0109. The van der Waals surface area contributed by atoms with Crippen LogP contribution in [0.4, 0.5) is 14.5 Å². The van der Waals surface area contributed by atoms with Crippen molar-refractivity contribution in [1.29, 1.82) is 0 Å². The highest BCUT2D eigenvalue weighted by Crippen LogP contribution is 2.43. The molecule has 3 amide bonds. The van der Waals surface area contributed by atoms with Crippen LogP contribution in [0.3, 0.4) is 0 Å². The highest BCUT2D eigenvalue weighted by Gasteiger charge is 2.54. The number of benzene rings is 1. The van der Waals surface area contributed by atoms with Crippen LogP contribution in [0.15, 0.2) is 39.6 Å². The van der Waals surface area contributed by atoms with Crippen molar-refractivity contribution < 1.29 is 47.3 Å². The zero-order valence-electron chi connectivity index (χ0n) is 26.8. The largest absolute Gasteiger partial charge is 0.487 e. The molecule has 0 bridgehead atoms. The molecular weight excluding hydrogens is 703 g/mol. The maximum absolute atomic E-state index is 15.7. The molecule has 50 heavy (non-hydrogen) atoms. The Morgan fingerprint density at radius 3 is 2.62 bits per heavy atom. The van der Waals surface area contributed by atoms with Crippen molar-refractivity contribution in [2.75, 3.05) is 62.8 Å². The number of likely N-dealkylation sites (N-methyl/N-ethyl adjacent to an activating group) is 1. The van der Waals surface area contributed by atoms with Crippen LogP contribution in [0.2, 0.25) is 0 Å². The maximum Gasteiger partial charge on any atom is 0.352 e. The number of ether oxygens (including phenoxy) is 2. The van der Waals surface area contributed by atoms with Gasteiger partial charge in [0, 0.05) is 49.1 Å². The number of β-lactam (4-membered cyclic amide) rings is 1. The van der Waals surface area contributed by atoms with Gasteiger partial charge < -0.3 is 40.0 Å². The second kappa shape index (κ2) is 13.9. The van der Waals surface area contributed by atoms with Crippen molar-refractivity contribution in [2.45, 2.75) is 24.4 Å². The van der Waals surface area contributed by atoms with Gasteiger partial charge in [0.2, 0.25) is 11.3 Å². The van der Waals surface area contributed by atoms with E-state index in [0.717, 1.165) is 28.1 Å². The predicted octanol–water partition coefficient (Wildman–Crippen LogP) is 0.771. The lowest BCUT2D eigenvalue weighted by Gasteiger charge is -2.49. The number of aromatic nitrogens is 1. The van der Waals surface area contributed by atoms with Gasteiger partial charge in [0.05, 0.1) is 22.7 Å². The molecule has 4 N–H and O–H groups in total. The average molecular weight is 735 g/mol. The zero-order valence-corrected chi connectivity index (χ0v) is 28.4. The molecule has 0 saturated carbocycles. The quantitative estimate of drug-likeness (QED) is 0.176. The molecule has 0 radical (unpaired) electrons. The van der Waals surface area contributed by atoms with Crippen molar-refractivity contribution in [2.24, 2.45) is 5.73 Å². The highest BCUT2D eigenvalue weighted by atomic mass is 32.2. The Labute approximate surface area is 291 Å². The number of hydrogen-bond donors (Lipinski definition) is 3. The number of nitrogens with two attached hydrogens (primary N) is 1. The van der Waals surface area contributed by atoms with E-state index in [-0.39, 0.29) is 52.1 Å². The highest BCUT2D eigenvalue weighted by molar-refractivity contribution is 8.02. The number of carboxylic acid groups (broad SMARTS) is 1. The summed E-state index contributed by atoms with van der Waals surface area (Å²) in [6.07, 6.45) is 1.34. The van der Waals surface area contributed by atoms with E-state index < -0.39 is 70.5 Å². The summed E-state index contributed by atoms with van der Waals surface area (Å²) < 4.78 is 42.0. The van der Waals surface area contributed by atoms with Crippen molar-refractivity contribution in [3.05, 3.63) is 56.4 Å². The Balaban J connectivity index is 1.20. The molecule has 1 unspecified atom stereocenters. The number of thioether (sulfide) groups is 2. The SMILES string of the molecule is CC1COc2c(N3CCN(C)CC3)c(F)cc3c(=O)c(C(=O)OCC4=C(C(=O)O)N5C(=O)[C@@H](NC(=O)CSC=C(F)C(N)=O)[C@H]5SC4)cn1c23. The minimum atomic E-state index is -1.47. The van der Waals surface area contributed by atoms with E-state index in [9.17, 15) is 38.3 Å². The Kier molecular flexibility index (Phi) is 9.82. The maximum atomic E-state index is 15.7. The summed E-state index contributed by atoms with van der Waals surface area (Å²) >= 11 is 1.77. The molecule has 266 valence electrons. The molecule has 6 rings (SSSR count). The van der Waals surface area contributed by atoms with Crippen LogP contribution in [0, 0.1) is 5.82 Å². The number of aliphatic carboxylic acids is 1. The fraction of sp³-hybridized carbons (Fsp3) is 0.419. The number of rotatable bonds is 10. The lowest BCUT2D eigenvalue weighted by molar-refractivity contribution is -0.150. The zero-order chi connectivity index (χ0) is 36.0. The number of carboxylic acids is 1. The molecule has 1 aromatic carbocycles. The summed E-state index contributed by atoms with van der Waals surface area (Å²) in [5.41, 5.74) is 3.92.